The molecule has 0 aromatic heterocycles. The zero-order valence-corrected chi connectivity index (χ0v) is 8.45. The van der Waals surface area contributed by atoms with Gasteiger partial charge in [0.1, 0.15) is 0 Å². The van der Waals surface area contributed by atoms with Gasteiger partial charge in [0.25, 0.3) is 5.91 Å². The Morgan fingerprint density at radius 3 is 2.92 bits per heavy atom. The minimum Gasteiger partial charge on any atom is -0.377 e. The van der Waals surface area contributed by atoms with Gasteiger partial charge in [0.2, 0.25) is 0 Å². The molecule has 0 N–H and O–H groups in total. The van der Waals surface area contributed by atoms with Crippen molar-refractivity contribution in [1.82, 2.24) is 5.06 Å². The molecule has 76 valence electrons. The van der Waals surface area contributed by atoms with E-state index in [2.05, 4.69) is 0 Å². The average molecular weight is 187 g/mol. The Balaban J connectivity index is 2.54. The summed E-state index contributed by atoms with van der Waals surface area (Å²) in [6.07, 6.45) is 1.77. The van der Waals surface area contributed by atoms with E-state index in [4.69, 9.17) is 9.57 Å². The lowest BCUT2D eigenvalue weighted by molar-refractivity contribution is -0.175. The molecule has 0 radical (unpaired) electrons. The smallest absolute Gasteiger partial charge is 0.251 e. The topological polar surface area (TPSA) is 38.8 Å². The fourth-order valence-electron chi connectivity index (χ4n) is 1.66. The highest BCUT2D eigenvalue weighted by atomic mass is 16.7. The summed E-state index contributed by atoms with van der Waals surface area (Å²) in [5.74, 6) is 0.00167. The third-order valence-corrected chi connectivity index (χ3v) is 2.51. The van der Waals surface area contributed by atoms with Crippen LogP contribution in [0.4, 0.5) is 0 Å². The maximum atomic E-state index is 11.7. The summed E-state index contributed by atoms with van der Waals surface area (Å²) in [4.78, 5) is 16.5. The Labute approximate surface area is 78.8 Å². The van der Waals surface area contributed by atoms with Crippen molar-refractivity contribution in [3.63, 3.8) is 0 Å². The van der Waals surface area contributed by atoms with E-state index in [-0.39, 0.29) is 17.9 Å². The largest absolute Gasteiger partial charge is 0.377 e. The molecule has 0 bridgehead atoms. The number of hydrogen-bond donors (Lipinski definition) is 0. The number of rotatable bonds is 3. The van der Waals surface area contributed by atoms with Crippen LogP contribution in [0.1, 0.15) is 19.8 Å². The second-order valence-electron chi connectivity index (χ2n) is 3.23. The second kappa shape index (κ2) is 4.58. The molecule has 1 aliphatic heterocycles. The minimum atomic E-state index is -0.0186. The van der Waals surface area contributed by atoms with Crippen molar-refractivity contribution in [2.75, 3.05) is 20.8 Å². The fourth-order valence-corrected chi connectivity index (χ4v) is 1.66. The van der Waals surface area contributed by atoms with E-state index in [1.54, 1.807) is 7.05 Å². The van der Waals surface area contributed by atoms with E-state index in [9.17, 15) is 4.79 Å². The van der Waals surface area contributed by atoms with Crippen LogP contribution < -0.4 is 0 Å². The Hall–Kier alpha value is -0.610. The molecule has 1 rings (SSSR count). The highest BCUT2D eigenvalue weighted by Gasteiger charge is 2.34. The van der Waals surface area contributed by atoms with E-state index in [0.29, 0.717) is 6.61 Å². The van der Waals surface area contributed by atoms with Crippen LogP contribution in [0.3, 0.4) is 0 Å². The number of hydroxylamine groups is 2. The molecule has 1 fully saturated rings. The molecule has 1 aliphatic rings. The molecule has 1 saturated heterocycles. The molecule has 0 spiro atoms. The highest BCUT2D eigenvalue weighted by Crippen LogP contribution is 2.24. The Morgan fingerprint density at radius 2 is 2.38 bits per heavy atom. The van der Waals surface area contributed by atoms with Gasteiger partial charge in [-0.3, -0.25) is 9.63 Å². The summed E-state index contributed by atoms with van der Waals surface area (Å²) in [5.41, 5.74) is 0. The van der Waals surface area contributed by atoms with Crippen LogP contribution in [0.2, 0.25) is 0 Å². The van der Waals surface area contributed by atoms with Crippen LogP contribution in [0.5, 0.6) is 0 Å². The molecule has 2 unspecified atom stereocenters. The van der Waals surface area contributed by atoms with Crippen LogP contribution in [0, 0.1) is 5.92 Å². The first kappa shape index (κ1) is 10.5. The maximum Gasteiger partial charge on any atom is 0.251 e. The zero-order chi connectivity index (χ0) is 9.84. The standard InChI is InChI=1S/C9H17NO3/c1-4-8-7(5-6-13-8)9(11)10(2)12-3/h7-8H,4-6H2,1-3H3. The summed E-state index contributed by atoms with van der Waals surface area (Å²) in [7, 11) is 3.13. The van der Waals surface area contributed by atoms with Crippen molar-refractivity contribution in [1.29, 1.82) is 0 Å². The Bertz CT molecular complexity index is 184. The second-order valence-corrected chi connectivity index (χ2v) is 3.23. The maximum absolute atomic E-state index is 11.7. The number of amides is 1. The van der Waals surface area contributed by atoms with Crippen molar-refractivity contribution in [3.05, 3.63) is 0 Å². The quantitative estimate of drug-likeness (QED) is 0.614. The number of hydrogen-bond acceptors (Lipinski definition) is 3. The summed E-state index contributed by atoms with van der Waals surface area (Å²) in [6, 6.07) is 0. The highest BCUT2D eigenvalue weighted by molar-refractivity contribution is 5.78. The monoisotopic (exact) mass is 187 g/mol. The summed E-state index contributed by atoms with van der Waals surface area (Å²) in [6.45, 7) is 2.72. The first-order valence-corrected chi connectivity index (χ1v) is 4.64. The van der Waals surface area contributed by atoms with Crippen molar-refractivity contribution in [3.8, 4) is 0 Å². The van der Waals surface area contributed by atoms with Gasteiger partial charge in [0.15, 0.2) is 0 Å². The molecule has 2 atom stereocenters. The minimum absolute atomic E-state index is 0.0186. The average Bonchev–Trinajstić information content (AvgIpc) is 2.62. The van der Waals surface area contributed by atoms with E-state index in [0.717, 1.165) is 12.8 Å². The van der Waals surface area contributed by atoms with Crippen molar-refractivity contribution in [2.45, 2.75) is 25.9 Å². The molecule has 4 nitrogen and oxygen atoms in total. The lowest BCUT2D eigenvalue weighted by Gasteiger charge is -2.21. The predicted octanol–water partition coefficient (Wildman–Crippen LogP) is 0.821. The van der Waals surface area contributed by atoms with E-state index < -0.39 is 0 Å². The molecule has 13 heavy (non-hydrogen) atoms. The van der Waals surface area contributed by atoms with Crippen LogP contribution >= 0.6 is 0 Å². The number of ether oxygens (including phenoxy) is 1. The normalized spacial score (nSPS) is 27.6. The van der Waals surface area contributed by atoms with Crippen LogP contribution in [-0.2, 0) is 14.4 Å². The molecular formula is C9H17NO3. The molecule has 0 aromatic rings. The summed E-state index contributed by atoms with van der Waals surface area (Å²) >= 11 is 0. The SMILES string of the molecule is CCC1OCCC1C(=O)N(C)OC. The van der Waals surface area contributed by atoms with Gasteiger partial charge in [-0.1, -0.05) is 6.92 Å². The predicted molar refractivity (Wildman–Crippen MR) is 47.9 cm³/mol. The van der Waals surface area contributed by atoms with Crippen molar-refractivity contribution >= 4 is 5.91 Å². The van der Waals surface area contributed by atoms with Crippen LogP contribution in [-0.4, -0.2) is 37.8 Å². The van der Waals surface area contributed by atoms with Gasteiger partial charge in [0, 0.05) is 13.7 Å². The molecular weight excluding hydrogens is 170 g/mol. The fraction of sp³-hybridized carbons (Fsp3) is 0.889. The number of nitrogens with zero attached hydrogens (tertiary/aromatic N) is 1. The van der Waals surface area contributed by atoms with Gasteiger partial charge in [-0.05, 0) is 12.8 Å². The van der Waals surface area contributed by atoms with E-state index in [1.807, 2.05) is 6.92 Å². The molecule has 4 heteroatoms. The molecule has 0 aliphatic carbocycles. The Morgan fingerprint density at radius 1 is 1.69 bits per heavy atom. The van der Waals surface area contributed by atoms with Gasteiger partial charge in [0.05, 0.1) is 19.1 Å². The van der Waals surface area contributed by atoms with Gasteiger partial charge in [-0.25, -0.2) is 5.06 Å². The third kappa shape index (κ3) is 2.19. The number of carbonyl (C=O) groups excluding carboxylic acids is 1. The first-order chi connectivity index (χ1) is 6.20. The Kier molecular flexibility index (Phi) is 3.69. The lowest BCUT2D eigenvalue weighted by Crippen LogP contribution is -2.35. The van der Waals surface area contributed by atoms with Gasteiger partial charge < -0.3 is 4.74 Å². The lowest BCUT2D eigenvalue weighted by atomic mass is 9.99. The van der Waals surface area contributed by atoms with Crippen molar-refractivity contribution < 1.29 is 14.4 Å². The van der Waals surface area contributed by atoms with E-state index in [1.165, 1.54) is 12.2 Å². The van der Waals surface area contributed by atoms with Crippen molar-refractivity contribution in [2.24, 2.45) is 5.92 Å². The first-order valence-electron chi connectivity index (χ1n) is 4.64. The van der Waals surface area contributed by atoms with Gasteiger partial charge in [-0.2, -0.15) is 0 Å². The van der Waals surface area contributed by atoms with Gasteiger partial charge in [-0.15, -0.1) is 0 Å². The van der Waals surface area contributed by atoms with E-state index >= 15 is 0 Å². The molecule has 0 saturated carbocycles. The zero-order valence-electron chi connectivity index (χ0n) is 8.45. The molecule has 1 heterocycles. The van der Waals surface area contributed by atoms with Gasteiger partial charge >= 0.3 is 0 Å². The van der Waals surface area contributed by atoms with Crippen LogP contribution in [0.25, 0.3) is 0 Å². The summed E-state index contributed by atoms with van der Waals surface area (Å²) in [5, 5.41) is 1.28. The third-order valence-electron chi connectivity index (χ3n) is 2.51. The summed E-state index contributed by atoms with van der Waals surface area (Å²) < 4.78 is 5.43. The van der Waals surface area contributed by atoms with Crippen LogP contribution in [0.15, 0.2) is 0 Å². The molecule has 1 amide bonds. The number of carbonyl (C=O) groups is 1. The molecule has 0 aromatic carbocycles.